The number of aldehydes is 1. The summed E-state index contributed by atoms with van der Waals surface area (Å²) in [7, 11) is 4.84. The summed E-state index contributed by atoms with van der Waals surface area (Å²) in [6.45, 7) is 17.0. The molecule has 2 unspecified atom stereocenters. The Morgan fingerprint density at radius 1 is 0.948 bits per heavy atom. The molecule has 0 bridgehead atoms. The molecule has 1 aromatic carbocycles. The van der Waals surface area contributed by atoms with Crippen LogP contribution < -0.4 is 16.0 Å². The van der Waals surface area contributed by atoms with E-state index in [4.69, 9.17) is 9.47 Å². The smallest absolute Gasteiger partial charge is 0.245 e. The molecule has 4 amide bonds. The minimum Gasteiger partial charge on any atom is -0.396 e. The van der Waals surface area contributed by atoms with Crippen LogP contribution in [-0.4, -0.2) is 153 Å². The van der Waals surface area contributed by atoms with Gasteiger partial charge in [-0.05, 0) is 42.6 Å². The summed E-state index contributed by atoms with van der Waals surface area (Å²) < 4.78 is 12.0. The van der Waals surface area contributed by atoms with Crippen LogP contribution in [0, 0.1) is 29.6 Å². The van der Waals surface area contributed by atoms with Crippen molar-refractivity contribution in [1.82, 2.24) is 30.7 Å². The number of aliphatic hydroxyl groups is 1. The second kappa shape index (κ2) is 24.0. The van der Waals surface area contributed by atoms with Gasteiger partial charge in [0.15, 0.2) is 0 Å². The van der Waals surface area contributed by atoms with Crippen molar-refractivity contribution in [3.8, 4) is 0 Å². The van der Waals surface area contributed by atoms with Gasteiger partial charge in [0.1, 0.15) is 12.3 Å². The average Bonchev–Trinajstić information content (AvgIpc) is 3.70. The van der Waals surface area contributed by atoms with E-state index in [-0.39, 0.29) is 53.8 Å². The van der Waals surface area contributed by atoms with Gasteiger partial charge in [0.2, 0.25) is 23.6 Å². The Balaban J connectivity index is 1.79. The highest BCUT2D eigenvalue weighted by Crippen LogP contribution is 2.30. The monoisotopic (exact) mass is 815 g/mol. The van der Waals surface area contributed by atoms with Gasteiger partial charge in [-0.15, -0.1) is 0 Å². The number of hydrogen-bond donors (Lipinski definition) is 4. The fraction of sp³-hybridized carbons (Fsp3) is 0.750. The minimum atomic E-state index is -0.794. The van der Waals surface area contributed by atoms with E-state index in [0.29, 0.717) is 25.7 Å². The van der Waals surface area contributed by atoms with Crippen LogP contribution in [0.15, 0.2) is 30.3 Å². The molecule has 2 heterocycles. The SMILES string of the molecule is CC[C@H](C)[C@@H](C(CC(=O)N1CCC[C@H]1[C@H](OC)[C@@H](C)C(=O)N[C@@H](Cc1ccccc1)C(C=O)CO)OC)N(C)C(=O)[C@@H](NC(=O)[C@H](C(C)C)N1CCNCC1)C(C)C. The predicted octanol–water partition coefficient (Wildman–Crippen LogP) is 2.51. The molecule has 2 aliphatic heterocycles. The van der Waals surface area contributed by atoms with Crippen molar-refractivity contribution >= 4 is 29.9 Å². The van der Waals surface area contributed by atoms with Gasteiger partial charge < -0.3 is 45.1 Å². The van der Waals surface area contributed by atoms with E-state index in [1.54, 1.807) is 30.9 Å². The third-order valence-electron chi connectivity index (χ3n) is 12.5. The Bertz CT molecular complexity index is 1440. The molecule has 58 heavy (non-hydrogen) atoms. The van der Waals surface area contributed by atoms with Crippen molar-refractivity contribution in [2.75, 3.05) is 60.6 Å². The first-order valence-corrected chi connectivity index (χ1v) is 21.4. The molecule has 2 fully saturated rings. The van der Waals surface area contributed by atoms with Gasteiger partial charge >= 0.3 is 0 Å². The zero-order chi connectivity index (χ0) is 43.1. The number of nitrogens with one attached hydrogen (secondary N) is 3. The lowest BCUT2D eigenvalue weighted by molar-refractivity contribution is -0.148. The molecule has 14 heteroatoms. The number of hydrogen-bond acceptors (Lipinski definition) is 10. The molecule has 2 saturated heterocycles. The fourth-order valence-electron chi connectivity index (χ4n) is 8.89. The maximum atomic E-state index is 14.4. The Labute approximate surface area is 347 Å². The van der Waals surface area contributed by atoms with E-state index in [0.717, 1.165) is 44.6 Å². The van der Waals surface area contributed by atoms with Crippen molar-refractivity contribution in [3.63, 3.8) is 0 Å². The number of aliphatic hydroxyl groups excluding tert-OH is 1. The summed E-state index contributed by atoms with van der Waals surface area (Å²) in [5.41, 5.74) is 0.919. The zero-order valence-corrected chi connectivity index (χ0v) is 36.8. The predicted molar refractivity (Wildman–Crippen MR) is 225 cm³/mol. The normalized spacial score (nSPS) is 21.0. The van der Waals surface area contributed by atoms with Gasteiger partial charge in [-0.2, -0.15) is 0 Å². The number of rotatable bonds is 23. The highest BCUT2D eigenvalue weighted by atomic mass is 16.5. The summed E-state index contributed by atoms with van der Waals surface area (Å²) in [5, 5.41) is 19.4. The van der Waals surface area contributed by atoms with Crippen LogP contribution in [0.1, 0.15) is 79.7 Å². The van der Waals surface area contributed by atoms with Crippen LogP contribution in [0.3, 0.4) is 0 Å². The van der Waals surface area contributed by atoms with Crippen molar-refractivity contribution in [2.45, 2.75) is 123 Å². The number of methoxy groups -OCH3 is 2. The van der Waals surface area contributed by atoms with Gasteiger partial charge in [-0.1, -0.05) is 85.2 Å². The van der Waals surface area contributed by atoms with E-state index < -0.39 is 54.8 Å². The number of amides is 4. The number of carbonyl (C=O) groups is 5. The largest absolute Gasteiger partial charge is 0.396 e. The highest BCUT2D eigenvalue weighted by Gasteiger charge is 2.43. The Morgan fingerprint density at radius 2 is 1.60 bits per heavy atom. The molecule has 4 N–H and O–H groups in total. The van der Waals surface area contributed by atoms with E-state index in [1.165, 1.54) is 7.11 Å². The quantitative estimate of drug-likeness (QED) is 0.121. The molecule has 1 aromatic rings. The standard InChI is InChI=1S/C44H74N6O8/c1-11-30(6)40(48(8)44(56)38(28(2)3)47-43(55)39(29(4)5)49-22-19-45-20-23-49)36(57-9)25-37(53)50-21-15-18-35(50)41(58-10)31(7)42(54)46-34(33(26-51)27-52)24-32-16-13-12-14-17-32/h12-14,16-17,26,28-31,33-36,38-41,45,52H,11,15,18-25,27H2,1-10H3,(H,46,54)(H,47,55)/t30-,31+,33?,34-,35-,36?,38-,39-,40-,41+/m0/s1. The number of carbonyl (C=O) groups excluding carboxylic acids is 5. The lowest BCUT2D eigenvalue weighted by Gasteiger charge is -2.41. The maximum Gasteiger partial charge on any atom is 0.245 e. The summed E-state index contributed by atoms with van der Waals surface area (Å²) >= 11 is 0. The molecule has 14 nitrogen and oxygen atoms in total. The zero-order valence-electron chi connectivity index (χ0n) is 36.8. The molecular weight excluding hydrogens is 741 g/mol. The molecule has 0 radical (unpaired) electrons. The first-order chi connectivity index (χ1) is 27.6. The molecule has 328 valence electrons. The van der Waals surface area contributed by atoms with Gasteiger partial charge in [0.05, 0.1) is 55.2 Å². The molecule has 10 atom stereocenters. The first kappa shape index (κ1) is 48.9. The first-order valence-electron chi connectivity index (χ1n) is 21.4. The lowest BCUT2D eigenvalue weighted by atomic mass is 9.89. The number of piperazine rings is 1. The van der Waals surface area contributed by atoms with E-state index >= 15 is 0 Å². The van der Waals surface area contributed by atoms with Gasteiger partial charge in [-0.3, -0.25) is 24.1 Å². The summed E-state index contributed by atoms with van der Waals surface area (Å²) in [6.07, 6.45) is 1.83. The number of nitrogens with zero attached hydrogens (tertiary/aromatic N) is 3. The fourth-order valence-corrected chi connectivity index (χ4v) is 8.89. The third-order valence-corrected chi connectivity index (χ3v) is 12.5. The van der Waals surface area contributed by atoms with Crippen LogP contribution >= 0.6 is 0 Å². The van der Waals surface area contributed by atoms with Crippen molar-refractivity contribution in [3.05, 3.63) is 35.9 Å². The van der Waals surface area contributed by atoms with Gasteiger partial charge in [0.25, 0.3) is 0 Å². The third kappa shape index (κ3) is 12.8. The van der Waals surface area contributed by atoms with Crippen LogP contribution in [0.25, 0.3) is 0 Å². The average molecular weight is 815 g/mol. The minimum absolute atomic E-state index is 0.00439. The molecule has 2 aliphatic rings. The van der Waals surface area contributed by atoms with Crippen LogP contribution in [0.5, 0.6) is 0 Å². The van der Waals surface area contributed by atoms with E-state index in [1.807, 2.05) is 71.9 Å². The Kier molecular flexibility index (Phi) is 20.2. The Hall–Kier alpha value is -3.43. The van der Waals surface area contributed by atoms with E-state index in [9.17, 15) is 29.1 Å². The highest BCUT2D eigenvalue weighted by molar-refractivity contribution is 5.90. The van der Waals surface area contributed by atoms with Crippen molar-refractivity contribution in [1.29, 1.82) is 0 Å². The van der Waals surface area contributed by atoms with Gasteiger partial charge in [0, 0.05) is 60.0 Å². The topological polar surface area (TPSA) is 170 Å². The number of ether oxygens (including phenoxy) is 2. The van der Waals surface area contributed by atoms with Crippen LogP contribution in [-0.2, 0) is 39.9 Å². The summed E-state index contributed by atoms with van der Waals surface area (Å²) in [6, 6.07) is 6.84. The summed E-state index contributed by atoms with van der Waals surface area (Å²) in [5.74, 6) is -2.54. The molecule has 0 saturated carbocycles. The second-order valence-corrected chi connectivity index (χ2v) is 17.1. The molecule has 0 aliphatic carbocycles. The van der Waals surface area contributed by atoms with Crippen molar-refractivity contribution < 1.29 is 38.6 Å². The van der Waals surface area contributed by atoms with Crippen LogP contribution in [0.4, 0.5) is 0 Å². The molecule has 0 aromatic heterocycles. The number of benzene rings is 1. The second-order valence-electron chi connectivity index (χ2n) is 17.1. The molecule has 3 rings (SSSR count). The Morgan fingerprint density at radius 3 is 2.14 bits per heavy atom. The van der Waals surface area contributed by atoms with E-state index in [2.05, 4.69) is 20.9 Å². The van der Waals surface area contributed by atoms with Gasteiger partial charge in [-0.25, -0.2) is 0 Å². The number of likely N-dealkylation sites (tertiary alicyclic amines) is 1. The lowest BCUT2D eigenvalue weighted by Crippen LogP contribution is -2.61. The number of likely N-dealkylation sites (N-methyl/N-ethyl adjacent to an activating group) is 1. The maximum absolute atomic E-state index is 14.4. The molecule has 0 spiro atoms. The van der Waals surface area contributed by atoms with Crippen molar-refractivity contribution in [2.24, 2.45) is 29.6 Å². The summed E-state index contributed by atoms with van der Waals surface area (Å²) in [4.78, 5) is 74.0. The van der Waals surface area contributed by atoms with Crippen LogP contribution in [0.2, 0.25) is 0 Å². The molecular formula is C44H74N6O8.